The van der Waals surface area contributed by atoms with Gasteiger partial charge in [-0.2, -0.15) is 13.8 Å². The molecule has 0 aromatic heterocycles. The van der Waals surface area contributed by atoms with Gasteiger partial charge in [0.25, 0.3) is 0 Å². The number of aliphatic imine (C=N–C) groups is 1. The normalized spacial score (nSPS) is 9.93. The van der Waals surface area contributed by atoms with Crippen molar-refractivity contribution in [3.8, 4) is 5.75 Å². The van der Waals surface area contributed by atoms with Crippen LogP contribution < -0.4 is 4.74 Å². The van der Waals surface area contributed by atoms with E-state index in [1.807, 2.05) is 0 Å². The summed E-state index contributed by atoms with van der Waals surface area (Å²) in [5.74, 6) is -1.33. The van der Waals surface area contributed by atoms with Gasteiger partial charge < -0.3 is 4.74 Å². The molecule has 0 fully saturated rings. The van der Waals surface area contributed by atoms with Crippen molar-refractivity contribution in [3.63, 3.8) is 0 Å². The van der Waals surface area contributed by atoms with Gasteiger partial charge in [-0.15, -0.1) is 0 Å². The van der Waals surface area contributed by atoms with Gasteiger partial charge in [0.1, 0.15) is 11.5 Å². The molecule has 0 aliphatic rings. The zero-order valence-corrected chi connectivity index (χ0v) is 8.59. The molecule has 0 N–H and O–H groups in total. The van der Waals surface area contributed by atoms with Crippen LogP contribution >= 0.6 is 15.9 Å². The summed E-state index contributed by atoms with van der Waals surface area (Å²) in [4.78, 5) is 13.1. The summed E-state index contributed by atoms with van der Waals surface area (Å²) in [5, 5.41) is 0. The summed E-state index contributed by atoms with van der Waals surface area (Å²) < 4.78 is 40.5. The van der Waals surface area contributed by atoms with Crippen molar-refractivity contribution in [1.29, 1.82) is 0 Å². The zero-order valence-electron chi connectivity index (χ0n) is 7.01. The predicted molar refractivity (Wildman–Crippen MR) is 48.5 cm³/mol. The van der Waals surface area contributed by atoms with Crippen molar-refractivity contribution in [1.82, 2.24) is 0 Å². The number of benzene rings is 1. The highest BCUT2D eigenvalue weighted by molar-refractivity contribution is 9.10. The number of carbonyl (C=O) groups excluding carboxylic acids is 1. The molecule has 15 heavy (non-hydrogen) atoms. The predicted octanol–water partition coefficient (Wildman–Crippen LogP) is 3.16. The molecule has 0 aliphatic carbocycles. The van der Waals surface area contributed by atoms with Gasteiger partial charge in [0, 0.05) is 0 Å². The summed E-state index contributed by atoms with van der Waals surface area (Å²) in [5.41, 5.74) is -0.224. The topological polar surface area (TPSA) is 38.7 Å². The number of isocyanates is 1. The van der Waals surface area contributed by atoms with Gasteiger partial charge >= 0.3 is 6.61 Å². The summed E-state index contributed by atoms with van der Waals surface area (Å²) >= 11 is 2.71. The highest BCUT2D eigenvalue weighted by atomic mass is 79.9. The first-order valence-electron chi connectivity index (χ1n) is 3.57. The molecule has 1 aromatic carbocycles. The van der Waals surface area contributed by atoms with Crippen LogP contribution in [0.4, 0.5) is 18.9 Å². The number of rotatable bonds is 3. The van der Waals surface area contributed by atoms with Crippen molar-refractivity contribution in [2.24, 2.45) is 4.99 Å². The summed E-state index contributed by atoms with van der Waals surface area (Å²) in [6, 6.07) is 1.99. The van der Waals surface area contributed by atoms with Crippen LogP contribution in [-0.2, 0) is 4.79 Å². The highest BCUT2D eigenvalue weighted by Gasteiger charge is 2.16. The van der Waals surface area contributed by atoms with Gasteiger partial charge in [0.05, 0.1) is 4.47 Å². The highest BCUT2D eigenvalue weighted by Crippen LogP contribution is 2.37. The Kier molecular flexibility index (Phi) is 3.88. The number of ether oxygens (including phenoxy) is 1. The average molecular weight is 282 g/mol. The molecule has 80 valence electrons. The smallest absolute Gasteiger partial charge is 0.387 e. The van der Waals surface area contributed by atoms with Crippen LogP contribution in [0.25, 0.3) is 0 Å². The standard InChI is InChI=1S/C8H3BrF3NO2/c9-6-4(10)1-2-5(13-3-14)7(6)15-8(11)12/h1-2,8H. The third-order valence-electron chi connectivity index (χ3n) is 1.40. The van der Waals surface area contributed by atoms with Crippen molar-refractivity contribution >= 4 is 27.7 Å². The number of halogens is 4. The lowest BCUT2D eigenvalue weighted by atomic mass is 10.3. The van der Waals surface area contributed by atoms with Crippen LogP contribution in [0.5, 0.6) is 5.75 Å². The maximum atomic E-state index is 12.9. The fourth-order valence-electron chi connectivity index (χ4n) is 0.860. The van der Waals surface area contributed by atoms with Gasteiger partial charge in [-0.3, -0.25) is 0 Å². The van der Waals surface area contributed by atoms with E-state index in [-0.39, 0.29) is 10.2 Å². The second-order valence-corrected chi connectivity index (χ2v) is 3.08. The molecule has 0 aliphatic heterocycles. The Bertz CT molecular complexity index is 419. The first-order chi connectivity index (χ1) is 7.06. The Labute approximate surface area is 90.7 Å². The molecule has 0 unspecified atom stereocenters. The summed E-state index contributed by atoms with van der Waals surface area (Å²) in [6.45, 7) is -3.14. The van der Waals surface area contributed by atoms with Crippen LogP contribution in [0, 0.1) is 5.82 Å². The minimum Gasteiger partial charge on any atom is -0.431 e. The molecule has 1 rings (SSSR count). The molecule has 0 bridgehead atoms. The molecule has 0 atom stereocenters. The Balaban J connectivity index is 3.27. The SMILES string of the molecule is O=C=Nc1ccc(F)c(Br)c1OC(F)F. The second kappa shape index (κ2) is 4.95. The summed E-state index contributed by atoms with van der Waals surface area (Å²) in [7, 11) is 0. The van der Waals surface area contributed by atoms with E-state index in [1.165, 1.54) is 0 Å². The van der Waals surface area contributed by atoms with Gasteiger partial charge in [-0.25, -0.2) is 9.18 Å². The van der Waals surface area contributed by atoms with E-state index in [9.17, 15) is 18.0 Å². The van der Waals surface area contributed by atoms with E-state index >= 15 is 0 Å². The molecular weight excluding hydrogens is 279 g/mol. The van der Waals surface area contributed by atoms with Crippen molar-refractivity contribution < 1.29 is 22.7 Å². The first kappa shape index (κ1) is 11.7. The molecule has 1 aromatic rings. The minimum absolute atomic E-state index is 0.224. The van der Waals surface area contributed by atoms with E-state index in [0.29, 0.717) is 0 Å². The molecule has 7 heteroatoms. The molecule has 0 heterocycles. The van der Waals surface area contributed by atoms with Crippen molar-refractivity contribution in [2.75, 3.05) is 0 Å². The zero-order chi connectivity index (χ0) is 11.4. The van der Waals surface area contributed by atoms with E-state index in [1.54, 1.807) is 0 Å². The van der Waals surface area contributed by atoms with Crippen LogP contribution in [0.3, 0.4) is 0 Å². The maximum Gasteiger partial charge on any atom is 0.387 e. The number of alkyl halides is 2. The average Bonchev–Trinajstić information content (AvgIpc) is 2.17. The van der Waals surface area contributed by atoms with Crippen LogP contribution in [0.15, 0.2) is 21.6 Å². The van der Waals surface area contributed by atoms with Crippen LogP contribution in [0.1, 0.15) is 0 Å². The fraction of sp³-hybridized carbons (Fsp3) is 0.125. The number of hydrogen-bond donors (Lipinski definition) is 0. The lowest BCUT2D eigenvalue weighted by Gasteiger charge is -2.08. The Morgan fingerprint density at radius 3 is 2.67 bits per heavy atom. The fourth-order valence-corrected chi connectivity index (χ4v) is 1.29. The van der Waals surface area contributed by atoms with E-state index in [2.05, 4.69) is 25.7 Å². The Hall–Kier alpha value is -1.33. The van der Waals surface area contributed by atoms with Gasteiger partial charge in [-0.05, 0) is 28.1 Å². The molecule has 0 saturated heterocycles. The van der Waals surface area contributed by atoms with Crippen molar-refractivity contribution in [3.05, 3.63) is 22.4 Å². The van der Waals surface area contributed by atoms with Crippen molar-refractivity contribution in [2.45, 2.75) is 6.61 Å². The molecule has 3 nitrogen and oxygen atoms in total. The Morgan fingerprint density at radius 2 is 2.13 bits per heavy atom. The maximum absolute atomic E-state index is 12.9. The quantitative estimate of drug-likeness (QED) is 0.631. The van der Waals surface area contributed by atoms with Crippen LogP contribution in [-0.4, -0.2) is 12.7 Å². The molecular formula is C8H3BrF3NO2. The molecule has 0 saturated carbocycles. The molecule has 0 spiro atoms. The van der Waals surface area contributed by atoms with E-state index < -0.39 is 18.2 Å². The van der Waals surface area contributed by atoms with E-state index in [4.69, 9.17) is 0 Å². The second-order valence-electron chi connectivity index (χ2n) is 2.29. The Morgan fingerprint density at radius 1 is 1.47 bits per heavy atom. The lowest BCUT2D eigenvalue weighted by Crippen LogP contribution is -2.03. The largest absolute Gasteiger partial charge is 0.431 e. The summed E-state index contributed by atoms with van der Waals surface area (Å²) in [6.07, 6.45) is 1.15. The first-order valence-corrected chi connectivity index (χ1v) is 4.36. The van der Waals surface area contributed by atoms with Gasteiger partial charge in [0.15, 0.2) is 5.75 Å². The number of hydrogen-bond acceptors (Lipinski definition) is 3. The lowest BCUT2D eigenvalue weighted by molar-refractivity contribution is -0.0501. The molecule has 0 radical (unpaired) electrons. The monoisotopic (exact) mass is 281 g/mol. The number of nitrogens with zero attached hydrogens (tertiary/aromatic N) is 1. The minimum atomic E-state index is -3.14. The molecule has 0 amide bonds. The third kappa shape index (κ3) is 2.81. The van der Waals surface area contributed by atoms with Gasteiger partial charge in [-0.1, -0.05) is 0 Å². The van der Waals surface area contributed by atoms with E-state index in [0.717, 1.165) is 18.2 Å². The third-order valence-corrected chi connectivity index (χ3v) is 2.14. The van der Waals surface area contributed by atoms with Crippen LogP contribution in [0.2, 0.25) is 0 Å². The van der Waals surface area contributed by atoms with Gasteiger partial charge in [0.2, 0.25) is 6.08 Å².